The summed E-state index contributed by atoms with van der Waals surface area (Å²) in [6.07, 6.45) is 0. The molecule has 4 nitrogen and oxygen atoms in total. The molecule has 2 amide bonds. The molecule has 2 aromatic carbocycles. The Kier molecular flexibility index (Phi) is 5.17. The van der Waals surface area contributed by atoms with Crippen molar-refractivity contribution in [2.45, 2.75) is 20.4 Å². The average molecular weight is 317 g/mol. The summed E-state index contributed by atoms with van der Waals surface area (Å²) in [7, 11) is 0. The molecular weight excluding hydrogens is 300 g/mol. The summed E-state index contributed by atoms with van der Waals surface area (Å²) in [5.41, 5.74) is 3.31. The molecule has 0 fully saturated rings. The Balaban J connectivity index is 1.97. The molecule has 0 aliphatic carbocycles. The lowest BCUT2D eigenvalue weighted by atomic mass is 10.1. The summed E-state index contributed by atoms with van der Waals surface area (Å²) in [6, 6.07) is 12.8. The van der Waals surface area contributed by atoms with Gasteiger partial charge in [0.1, 0.15) is 0 Å². The Bertz CT molecular complexity index is 714. The Morgan fingerprint density at radius 2 is 1.77 bits per heavy atom. The summed E-state index contributed by atoms with van der Waals surface area (Å²) < 4.78 is 0. The van der Waals surface area contributed by atoms with Gasteiger partial charge in [-0.05, 0) is 42.7 Å². The first-order chi connectivity index (χ1) is 10.5. The van der Waals surface area contributed by atoms with Gasteiger partial charge in [0.05, 0.1) is 0 Å². The van der Waals surface area contributed by atoms with Crippen molar-refractivity contribution in [3.63, 3.8) is 0 Å². The number of amides is 2. The number of benzene rings is 2. The van der Waals surface area contributed by atoms with Crippen molar-refractivity contribution in [3.8, 4) is 0 Å². The predicted molar refractivity (Wildman–Crippen MR) is 87.8 cm³/mol. The Morgan fingerprint density at radius 1 is 1.05 bits per heavy atom. The molecule has 0 aromatic heterocycles. The van der Waals surface area contributed by atoms with Crippen LogP contribution in [0.1, 0.15) is 16.7 Å². The molecule has 5 heteroatoms. The van der Waals surface area contributed by atoms with E-state index in [1.165, 1.54) is 0 Å². The van der Waals surface area contributed by atoms with Crippen molar-refractivity contribution in [1.29, 1.82) is 0 Å². The average Bonchev–Trinajstić information content (AvgIpc) is 2.49. The van der Waals surface area contributed by atoms with Gasteiger partial charge in [-0.25, -0.2) is 0 Å². The highest BCUT2D eigenvalue weighted by Gasteiger charge is 2.14. The Hall–Kier alpha value is -2.33. The lowest BCUT2D eigenvalue weighted by Crippen LogP contribution is -2.35. The molecule has 0 saturated carbocycles. The van der Waals surface area contributed by atoms with Crippen molar-refractivity contribution < 1.29 is 9.59 Å². The standard InChI is InChI=1S/C17H17ClN2O2/c1-11-7-8-12(2)15(9-11)20-17(22)16(21)19-10-13-5-3-4-6-14(13)18/h3-9H,10H2,1-2H3,(H,19,21)(H,20,22). The molecule has 2 N–H and O–H groups in total. The number of aryl methyl sites for hydroxylation is 2. The van der Waals surface area contributed by atoms with Crippen LogP contribution in [0, 0.1) is 13.8 Å². The van der Waals surface area contributed by atoms with Crippen LogP contribution in [0.25, 0.3) is 0 Å². The van der Waals surface area contributed by atoms with Crippen LogP contribution in [0.3, 0.4) is 0 Å². The van der Waals surface area contributed by atoms with Gasteiger partial charge >= 0.3 is 11.8 Å². The van der Waals surface area contributed by atoms with Gasteiger partial charge in [0, 0.05) is 17.3 Å². The van der Waals surface area contributed by atoms with Crippen molar-refractivity contribution in [2.75, 3.05) is 5.32 Å². The number of nitrogens with one attached hydrogen (secondary N) is 2. The third kappa shape index (κ3) is 4.09. The monoisotopic (exact) mass is 316 g/mol. The number of carbonyl (C=O) groups is 2. The molecule has 0 atom stereocenters. The molecule has 0 aliphatic rings. The van der Waals surface area contributed by atoms with E-state index in [2.05, 4.69) is 10.6 Å². The zero-order valence-corrected chi connectivity index (χ0v) is 13.2. The van der Waals surface area contributed by atoms with E-state index in [0.717, 1.165) is 16.7 Å². The second-order valence-corrected chi connectivity index (χ2v) is 5.45. The smallest absolute Gasteiger partial charge is 0.313 e. The number of rotatable bonds is 3. The normalized spacial score (nSPS) is 10.1. The maximum absolute atomic E-state index is 11.9. The first kappa shape index (κ1) is 16.0. The highest BCUT2D eigenvalue weighted by Crippen LogP contribution is 2.16. The number of halogens is 1. The molecule has 0 bridgehead atoms. The summed E-state index contributed by atoms with van der Waals surface area (Å²) in [5.74, 6) is -1.39. The summed E-state index contributed by atoms with van der Waals surface area (Å²) in [4.78, 5) is 23.8. The second kappa shape index (κ2) is 7.09. The largest absolute Gasteiger partial charge is 0.344 e. The van der Waals surface area contributed by atoms with Gasteiger partial charge in [0.25, 0.3) is 0 Å². The highest BCUT2D eigenvalue weighted by atomic mass is 35.5. The first-order valence-electron chi connectivity index (χ1n) is 6.87. The molecule has 22 heavy (non-hydrogen) atoms. The molecule has 2 aromatic rings. The van der Waals surface area contributed by atoms with Crippen molar-refractivity contribution in [2.24, 2.45) is 0 Å². The third-order valence-corrected chi connectivity index (χ3v) is 3.61. The maximum Gasteiger partial charge on any atom is 0.313 e. The third-order valence-electron chi connectivity index (χ3n) is 3.24. The van der Waals surface area contributed by atoms with Crippen LogP contribution in [0.2, 0.25) is 5.02 Å². The van der Waals surface area contributed by atoms with Gasteiger partial charge in [0.2, 0.25) is 0 Å². The van der Waals surface area contributed by atoms with E-state index in [-0.39, 0.29) is 6.54 Å². The summed E-state index contributed by atoms with van der Waals surface area (Å²) >= 11 is 6.00. The van der Waals surface area contributed by atoms with Crippen LogP contribution >= 0.6 is 11.6 Å². The SMILES string of the molecule is Cc1ccc(C)c(NC(=O)C(=O)NCc2ccccc2Cl)c1. The summed E-state index contributed by atoms with van der Waals surface area (Å²) in [6.45, 7) is 4.00. The van der Waals surface area contributed by atoms with Gasteiger partial charge in [0.15, 0.2) is 0 Å². The molecule has 0 heterocycles. The molecular formula is C17H17ClN2O2. The van der Waals surface area contributed by atoms with E-state index in [4.69, 9.17) is 11.6 Å². The molecule has 0 saturated heterocycles. The predicted octanol–water partition coefficient (Wildman–Crippen LogP) is 3.21. The van der Waals surface area contributed by atoms with Crippen LogP contribution in [0.4, 0.5) is 5.69 Å². The van der Waals surface area contributed by atoms with Crippen LogP contribution in [0.15, 0.2) is 42.5 Å². The number of carbonyl (C=O) groups excluding carboxylic acids is 2. The second-order valence-electron chi connectivity index (χ2n) is 5.05. The fraction of sp³-hybridized carbons (Fsp3) is 0.176. The van der Waals surface area contributed by atoms with Gasteiger partial charge in [-0.1, -0.05) is 41.9 Å². The van der Waals surface area contributed by atoms with Gasteiger partial charge in [-0.15, -0.1) is 0 Å². The zero-order chi connectivity index (χ0) is 16.1. The minimum atomic E-state index is -0.694. The highest BCUT2D eigenvalue weighted by molar-refractivity contribution is 6.39. The Morgan fingerprint density at radius 3 is 2.50 bits per heavy atom. The fourth-order valence-electron chi connectivity index (χ4n) is 1.95. The lowest BCUT2D eigenvalue weighted by molar-refractivity contribution is -0.136. The number of hydrogen-bond acceptors (Lipinski definition) is 2. The van der Waals surface area contributed by atoms with Crippen molar-refractivity contribution in [1.82, 2.24) is 5.32 Å². The molecule has 0 unspecified atom stereocenters. The van der Waals surface area contributed by atoms with Crippen LogP contribution < -0.4 is 10.6 Å². The molecule has 114 valence electrons. The Labute approximate surface area is 134 Å². The van der Waals surface area contributed by atoms with E-state index < -0.39 is 11.8 Å². The quantitative estimate of drug-likeness (QED) is 0.854. The minimum Gasteiger partial charge on any atom is -0.344 e. The molecule has 0 aliphatic heterocycles. The zero-order valence-electron chi connectivity index (χ0n) is 12.4. The molecule has 0 spiro atoms. The van der Waals surface area contributed by atoms with E-state index >= 15 is 0 Å². The van der Waals surface area contributed by atoms with Crippen LogP contribution in [0.5, 0.6) is 0 Å². The van der Waals surface area contributed by atoms with E-state index in [0.29, 0.717) is 10.7 Å². The molecule has 0 radical (unpaired) electrons. The van der Waals surface area contributed by atoms with Crippen molar-refractivity contribution >= 4 is 29.1 Å². The van der Waals surface area contributed by atoms with Gasteiger partial charge < -0.3 is 10.6 Å². The molecule has 2 rings (SSSR count). The van der Waals surface area contributed by atoms with Crippen LogP contribution in [-0.2, 0) is 16.1 Å². The minimum absolute atomic E-state index is 0.207. The fourth-order valence-corrected chi connectivity index (χ4v) is 2.15. The lowest BCUT2D eigenvalue weighted by Gasteiger charge is -2.10. The first-order valence-corrected chi connectivity index (χ1v) is 7.25. The van der Waals surface area contributed by atoms with Crippen molar-refractivity contribution in [3.05, 3.63) is 64.2 Å². The maximum atomic E-state index is 11.9. The topological polar surface area (TPSA) is 58.2 Å². The van der Waals surface area contributed by atoms with Gasteiger partial charge in [-0.2, -0.15) is 0 Å². The van der Waals surface area contributed by atoms with E-state index in [1.807, 2.05) is 38.1 Å². The number of hydrogen-bond donors (Lipinski definition) is 2. The van der Waals surface area contributed by atoms with Gasteiger partial charge in [-0.3, -0.25) is 9.59 Å². The van der Waals surface area contributed by atoms with E-state index in [9.17, 15) is 9.59 Å². The summed E-state index contributed by atoms with van der Waals surface area (Å²) in [5, 5.41) is 5.73. The number of anilines is 1. The van der Waals surface area contributed by atoms with Crippen LogP contribution in [-0.4, -0.2) is 11.8 Å². The van der Waals surface area contributed by atoms with E-state index in [1.54, 1.807) is 18.2 Å².